The van der Waals surface area contributed by atoms with Crippen LogP contribution in [0.2, 0.25) is 5.02 Å². The van der Waals surface area contributed by atoms with E-state index in [1.165, 1.54) is 13.2 Å². The predicted octanol–water partition coefficient (Wildman–Crippen LogP) is 3.22. The molecule has 0 atom stereocenters. The van der Waals surface area contributed by atoms with Gasteiger partial charge in [-0.1, -0.05) is 41.9 Å². The summed E-state index contributed by atoms with van der Waals surface area (Å²) in [6.07, 6.45) is 4.52. The number of ether oxygens (including phenoxy) is 2. The third-order valence-electron chi connectivity index (χ3n) is 4.47. The van der Waals surface area contributed by atoms with E-state index in [9.17, 15) is 14.4 Å². The fourth-order valence-electron chi connectivity index (χ4n) is 2.87. The minimum Gasteiger partial charge on any atom is -0.452 e. The van der Waals surface area contributed by atoms with Crippen molar-refractivity contribution < 1.29 is 23.9 Å². The Morgan fingerprint density at radius 1 is 1.09 bits per heavy atom. The first-order valence-electron chi connectivity index (χ1n) is 10.3. The Morgan fingerprint density at radius 3 is 2.53 bits per heavy atom. The molecule has 0 aliphatic heterocycles. The van der Waals surface area contributed by atoms with Crippen molar-refractivity contribution in [1.82, 2.24) is 20.4 Å². The molecule has 0 bridgehead atoms. The van der Waals surface area contributed by atoms with Gasteiger partial charge in [-0.15, -0.1) is 0 Å². The van der Waals surface area contributed by atoms with Crippen molar-refractivity contribution in [3.05, 3.63) is 77.5 Å². The molecule has 0 unspecified atom stereocenters. The van der Waals surface area contributed by atoms with Crippen LogP contribution in [0.3, 0.4) is 0 Å². The number of esters is 1. The number of rotatable bonds is 9. The molecule has 2 aromatic carbocycles. The molecule has 0 fully saturated rings. The zero-order valence-corrected chi connectivity index (χ0v) is 19.1. The minimum atomic E-state index is -0.754. The highest BCUT2D eigenvalue weighted by Crippen LogP contribution is 2.26. The van der Waals surface area contributed by atoms with Crippen LogP contribution in [0.4, 0.5) is 4.79 Å². The van der Waals surface area contributed by atoms with Crippen LogP contribution in [0.15, 0.2) is 66.9 Å². The molecule has 1 heterocycles. The summed E-state index contributed by atoms with van der Waals surface area (Å²) in [6, 6.07) is 16.0. The number of aromatic nitrogens is 2. The Hall–Kier alpha value is -3.95. The second-order valence-electron chi connectivity index (χ2n) is 6.96. The van der Waals surface area contributed by atoms with Crippen molar-refractivity contribution in [2.75, 3.05) is 26.9 Å². The Balaban J connectivity index is 1.67. The highest BCUT2D eigenvalue weighted by molar-refractivity contribution is 6.30. The Bertz CT molecular complexity index is 1160. The van der Waals surface area contributed by atoms with Gasteiger partial charge < -0.3 is 14.8 Å². The number of nitrogens with zero attached hydrogens (tertiary/aromatic N) is 2. The van der Waals surface area contributed by atoms with Gasteiger partial charge in [0, 0.05) is 42.1 Å². The number of methoxy groups -OCH3 is 1. The molecule has 0 saturated carbocycles. The first-order chi connectivity index (χ1) is 16.5. The summed E-state index contributed by atoms with van der Waals surface area (Å²) in [5.74, 6) is -1.50. The second-order valence-corrected chi connectivity index (χ2v) is 7.39. The number of nitrogens with one attached hydrogen (secondary N) is 2. The highest BCUT2D eigenvalue weighted by atomic mass is 35.5. The number of amides is 3. The van der Waals surface area contributed by atoms with Crippen LogP contribution in [0.1, 0.15) is 5.56 Å². The zero-order valence-electron chi connectivity index (χ0n) is 18.4. The fraction of sp³-hybridized carbons (Fsp3) is 0.167. The van der Waals surface area contributed by atoms with Crippen molar-refractivity contribution in [2.24, 2.45) is 0 Å². The molecular weight excluding hydrogens is 460 g/mol. The Labute approximate surface area is 201 Å². The second kappa shape index (κ2) is 12.3. The minimum absolute atomic E-state index is 0.241. The molecule has 1 aromatic heterocycles. The molecule has 0 radical (unpaired) electrons. The lowest BCUT2D eigenvalue weighted by atomic mass is 10.1. The van der Waals surface area contributed by atoms with Crippen LogP contribution in [0.25, 0.3) is 23.0 Å². The summed E-state index contributed by atoms with van der Waals surface area (Å²) in [4.78, 5) is 35.4. The maximum atomic E-state index is 12.1. The van der Waals surface area contributed by atoms with E-state index >= 15 is 0 Å². The van der Waals surface area contributed by atoms with E-state index < -0.39 is 24.5 Å². The third-order valence-corrected chi connectivity index (χ3v) is 4.72. The number of hydrogen-bond donors (Lipinski definition) is 2. The molecule has 0 aliphatic carbocycles. The largest absolute Gasteiger partial charge is 0.452 e. The first kappa shape index (κ1) is 24.7. The van der Waals surface area contributed by atoms with Crippen molar-refractivity contribution in [3.8, 4) is 16.9 Å². The summed E-state index contributed by atoms with van der Waals surface area (Å²) in [6.45, 7) is -0.0563. The normalized spacial score (nSPS) is 10.8. The molecule has 0 saturated heterocycles. The molecule has 10 heteroatoms. The standard InChI is InChI=1S/C24H23ClN4O5/c1-33-14-13-26-24(32)27-21(30)16-34-22(31)12-9-18-15-29(20-5-3-2-4-6-20)28-23(18)17-7-10-19(25)11-8-17/h2-12,15H,13-14,16H2,1H3,(H2,26,27,30,32)/b12-9+. The molecule has 0 aliphatic rings. The van der Waals surface area contributed by atoms with Crippen LogP contribution in [0.5, 0.6) is 0 Å². The summed E-state index contributed by atoms with van der Waals surface area (Å²) in [7, 11) is 1.49. The van der Waals surface area contributed by atoms with Gasteiger partial charge in [0.05, 0.1) is 18.0 Å². The van der Waals surface area contributed by atoms with Gasteiger partial charge in [-0.3, -0.25) is 10.1 Å². The van der Waals surface area contributed by atoms with Crippen molar-refractivity contribution >= 4 is 35.6 Å². The van der Waals surface area contributed by atoms with Gasteiger partial charge in [0.25, 0.3) is 5.91 Å². The van der Waals surface area contributed by atoms with Gasteiger partial charge in [0.1, 0.15) is 0 Å². The van der Waals surface area contributed by atoms with Gasteiger partial charge in [-0.05, 0) is 30.3 Å². The van der Waals surface area contributed by atoms with Crippen molar-refractivity contribution in [1.29, 1.82) is 0 Å². The van der Waals surface area contributed by atoms with Crippen LogP contribution in [0, 0.1) is 0 Å². The summed E-state index contributed by atoms with van der Waals surface area (Å²) in [5, 5.41) is 9.72. The van der Waals surface area contributed by atoms with Crippen LogP contribution in [-0.2, 0) is 19.1 Å². The highest BCUT2D eigenvalue weighted by Gasteiger charge is 2.12. The molecule has 2 N–H and O–H groups in total. The lowest BCUT2D eigenvalue weighted by Crippen LogP contribution is -2.42. The molecule has 3 aromatic rings. The Kier molecular flexibility index (Phi) is 8.96. The number of carbonyl (C=O) groups is 3. The number of para-hydroxylation sites is 1. The average Bonchev–Trinajstić information content (AvgIpc) is 3.27. The smallest absolute Gasteiger partial charge is 0.331 e. The summed E-state index contributed by atoms with van der Waals surface area (Å²) < 4.78 is 11.4. The zero-order chi connectivity index (χ0) is 24.3. The molecule has 0 spiro atoms. The molecule has 176 valence electrons. The van der Waals surface area contributed by atoms with Crippen LogP contribution in [-0.4, -0.2) is 54.6 Å². The van der Waals surface area contributed by atoms with Gasteiger partial charge in [-0.25, -0.2) is 14.3 Å². The van der Waals surface area contributed by atoms with E-state index in [4.69, 9.17) is 21.1 Å². The van der Waals surface area contributed by atoms with E-state index in [0.29, 0.717) is 22.9 Å². The molecule has 34 heavy (non-hydrogen) atoms. The quantitative estimate of drug-likeness (QED) is 0.275. The monoisotopic (exact) mass is 482 g/mol. The van der Waals surface area contributed by atoms with Gasteiger partial charge in [-0.2, -0.15) is 5.10 Å². The number of urea groups is 1. The Morgan fingerprint density at radius 2 is 1.82 bits per heavy atom. The number of halogens is 1. The van der Waals surface area contributed by atoms with Gasteiger partial charge in [0.15, 0.2) is 6.61 Å². The van der Waals surface area contributed by atoms with E-state index in [-0.39, 0.29) is 6.54 Å². The first-order valence-corrected chi connectivity index (χ1v) is 10.7. The van der Waals surface area contributed by atoms with E-state index in [1.807, 2.05) is 42.5 Å². The van der Waals surface area contributed by atoms with Crippen molar-refractivity contribution in [3.63, 3.8) is 0 Å². The molecule has 3 amide bonds. The van der Waals surface area contributed by atoms with Gasteiger partial charge in [0.2, 0.25) is 0 Å². The maximum Gasteiger partial charge on any atom is 0.331 e. The number of benzene rings is 2. The van der Waals surface area contributed by atoms with E-state index in [2.05, 4.69) is 15.7 Å². The third kappa shape index (κ3) is 7.29. The molecule has 9 nitrogen and oxygen atoms in total. The average molecular weight is 483 g/mol. The number of hydrogen-bond acceptors (Lipinski definition) is 6. The SMILES string of the molecule is COCCNC(=O)NC(=O)COC(=O)/C=C/c1cn(-c2ccccc2)nc1-c1ccc(Cl)cc1. The lowest BCUT2D eigenvalue weighted by Gasteiger charge is -2.06. The topological polar surface area (TPSA) is 112 Å². The van der Waals surface area contributed by atoms with E-state index in [0.717, 1.165) is 11.3 Å². The maximum absolute atomic E-state index is 12.1. The lowest BCUT2D eigenvalue weighted by molar-refractivity contribution is -0.143. The van der Waals surface area contributed by atoms with Crippen LogP contribution < -0.4 is 10.6 Å². The predicted molar refractivity (Wildman–Crippen MR) is 127 cm³/mol. The van der Waals surface area contributed by atoms with Crippen LogP contribution >= 0.6 is 11.6 Å². The molecular formula is C24H23ClN4O5. The number of carbonyl (C=O) groups excluding carboxylic acids is 3. The number of imide groups is 1. The summed E-state index contributed by atoms with van der Waals surface area (Å²) >= 11 is 6.00. The molecule has 3 rings (SSSR count). The van der Waals surface area contributed by atoms with E-state index in [1.54, 1.807) is 29.1 Å². The van der Waals surface area contributed by atoms with Gasteiger partial charge >= 0.3 is 12.0 Å². The fourth-order valence-corrected chi connectivity index (χ4v) is 3.00. The summed E-state index contributed by atoms with van der Waals surface area (Å²) in [5.41, 5.74) is 2.95. The van der Waals surface area contributed by atoms with Crippen molar-refractivity contribution in [2.45, 2.75) is 0 Å².